The van der Waals surface area contributed by atoms with Crippen molar-refractivity contribution in [3.05, 3.63) is 57.7 Å². The van der Waals surface area contributed by atoms with E-state index in [0.717, 1.165) is 4.88 Å². The van der Waals surface area contributed by atoms with Gasteiger partial charge in [0.05, 0.1) is 18.3 Å². The first-order valence-electron chi connectivity index (χ1n) is 7.05. The molecule has 7 heteroatoms. The van der Waals surface area contributed by atoms with Crippen molar-refractivity contribution in [3.8, 4) is 5.75 Å². The topological polar surface area (TPSA) is 64.4 Å². The number of aromatic nitrogens is 2. The quantitative estimate of drug-likeness (QED) is 0.778. The Bertz CT molecular complexity index is 873. The number of aryl methyl sites for hydroxylation is 1. The molecule has 1 atom stereocenters. The zero-order valence-corrected chi connectivity index (χ0v) is 13.2. The fourth-order valence-electron chi connectivity index (χ4n) is 2.21. The number of fused-ring (bicyclic) bond motifs is 1. The normalized spacial score (nSPS) is 12.5. The number of hydrogen-bond acceptors (Lipinski definition) is 5. The molecular weight excluding hydrogens is 319 g/mol. The van der Waals surface area contributed by atoms with Crippen LogP contribution in [0.15, 0.2) is 41.5 Å². The van der Waals surface area contributed by atoms with Crippen LogP contribution in [0.2, 0.25) is 0 Å². The number of hydrogen-bond donors (Lipinski definition) is 1. The second kappa shape index (κ2) is 6.47. The van der Waals surface area contributed by atoms with Crippen LogP contribution in [0.4, 0.5) is 4.39 Å². The highest BCUT2D eigenvalue weighted by Gasteiger charge is 2.11. The van der Waals surface area contributed by atoms with E-state index in [4.69, 9.17) is 4.74 Å². The lowest BCUT2D eigenvalue weighted by atomic mass is 10.3. The first-order valence-corrected chi connectivity index (χ1v) is 7.86. The minimum absolute atomic E-state index is 0.00122. The molecule has 0 aliphatic rings. The van der Waals surface area contributed by atoms with Crippen molar-refractivity contribution in [2.24, 2.45) is 0 Å². The molecule has 1 aromatic carbocycles. The van der Waals surface area contributed by atoms with Gasteiger partial charge in [0.2, 0.25) is 0 Å². The third-order valence-electron chi connectivity index (χ3n) is 3.30. The molecule has 0 aliphatic carbocycles. The second-order valence-electron chi connectivity index (χ2n) is 5.20. The van der Waals surface area contributed by atoms with Crippen LogP contribution in [0.3, 0.4) is 0 Å². The van der Waals surface area contributed by atoms with Crippen molar-refractivity contribution in [3.63, 3.8) is 0 Å². The zero-order chi connectivity index (χ0) is 16.4. The molecule has 3 rings (SSSR count). The molecule has 0 fully saturated rings. The van der Waals surface area contributed by atoms with Gasteiger partial charge in [0.25, 0.3) is 5.56 Å². The summed E-state index contributed by atoms with van der Waals surface area (Å²) in [6.45, 7) is 2.00. The van der Waals surface area contributed by atoms with Crippen molar-refractivity contribution < 1.29 is 14.2 Å². The van der Waals surface area contributed by atoms with Gasteiger partial charge < -0.3 is 9.84 Å². The number of halogens is 1. The van der Waals surface area contributed by atoms with E-state index >= 15 is 0 Å². The lowest BCUT2D eigenvalue weighted by Gasteiger charge is -2.13. The standard InChI is InChI=1S/C16H15FN2O3S/c1-10-6-14-15(23-10)18-9-19(16(14)21)7-12(20)8-22-13-4-2-11(17)3-5-13/h2-6,9,12,20H,7-8H2,1H3. The van der Waals surface area contributed by atoms with E-state index in [9.17, 15) is 14.3 Å². The monoisotopic (exact) mass is 334 g/mol. The predicted octanol–water partition coefficient (Wildman–Crippen LogP) is 2.35. The van der Waals surface area contributed by atoms with Crippen LogP contribution in [0.1, 0.15) is 4.88 Å². The Balaban J connectivity index is 1.67. The summed E-state index contributed by atoms with van der Waals surface area (Å²) in [6.07, 6.45) is 0.554. The van der Waals surface area contributed by atoms with Crippen LogP contribution in [0.5, 0.6) is 5.75 Å². The van der Waals surface area contributed by atoms with Crippen LogP contribution < -0.4 is 10.3 Å². The van der Waals surface area contributed by atoms with Gasteiger partial charge in [-0.1, -0.05) is 0 Å². The number of rotatable bonds is 5. The van der Waals surface area contributed by atoms with Crippen LogP contribution in [0.25, 0.3) is 10.2 Å². The summed E-state index contributed by atoms with van der Waals surface area (Å²) in [5, 5.41) is 10.6. The summed E-state index contributed by atoms with van der Waals surface area (Å²) < 4.78 is 19.5. The summed E-state index contributed by atoms with van der Waals surface area (Å²) in [4.78, 5) is 18.3. The maximum Gasteiger partial charge on any atom is 0.262 e. The van der Waals surface area contributed by atoms with E-state index in [0.29, 0.717) is 16.0 Å². The van der Waals surface area contributed by atoms with Crippen LogP contribution in [0, 0.1) is 12.7 Å². The van der Waals surface area contributed by atoms with Gasteiger partial charge in [0.1, 0.15) is 29.1 Å². The highest BCUT2D eigenvalue weighted by atomic mass is 32.1. The summed E-state index contributed by atoms with van der Waals surface area (Å²) in [5.41, 5.74) is -0.180. The Labute approximate surface area is 135 Å². The number of benzene rings is 1. The van der Waals surface area contributed by atoms with E-state index in [1.807, 2.05) is 6.92 Å². The zero-order valence-electron chi connectivity index (χ0n) is 12.4. The third-order valence-corrected chi connectivity index (χ3v) is 4.26. The van der Waals surface area contributed by atoms with Gasteiger partial charge in [-0.3, -0.25) is 9.36 Å². The highest BCUT2D eigenvalue weighted by molar-refractivity contribution is 7.18. The van der Waals surface area contributed by atoms with Gasteiger partial charge >= 0.3 is 0 Å². The fraction of sp³-hybridized carbons (Fsp3) is 0.250. The summed E-state index contributed by atoms with van der Waals surface area (Å²) in [6, 6.07) is 7.32. The van der Waals surface area contributed by atoms with Crippen molar-refractivity contribution in [1.82, 2.24) is 9.55 Å². The van der Waals surface area contributed by atoms with Crippen molar-refractivity contribution in [2.45, 2.75) is 19.6 Å². The van der Waals surface area contributed by atoms with E-state index in [2.05, 4.69) is 4.98 Å². The van der Waals surface area contributed by atoms with Gasteiger partial charge in [-0.2, -0.15) is 0 Å². The van der Waals surface area contributed by atoms with Crippen molar-refractivity contribution in [1.29, 1.82) is 0 Å². The van der Waals surface area contributed by atoms with Gasteiger partial charge in [0.15, 0.2) is 0 Å². The SMILES string of the molecule is Cc1cc2c(=O)n(CC(O)COc3ccc(F)cc3)cnc2s1. The molecule has 0 saturated carbocycles. The molecule has 0 bridgehead atoms. The van der Waals surface area contributed by atoms with E-state index in [1.165, 1.54) is 46.5 Å². The molecule has 0 amide bonds. The molecule has 0 saturated heterocycles. The lowest BCUT2D eigenvalue weighted by Crippen LogP contribution is -2.30. The Morgan fingerprint density at radius 2 is 2.13 bits per heavy atom. The summed E-state index contributed by atoms with van der Waals surface area (Å²) >= 11 is 1.46. The number of aliphatic hydroxyl groups excluding tert-OH is 1. The number of ether oxygens (including phenoxy) is 1. The Kier molecular flexibility index (Phi) is 4.40. The Morgan fingerprint density at radius 3 is 2.87 bits per heavy atom. The maximum absolute atomic E-state index is 12.8. The van der Waals surface area contributed by atoms with Gasteiger partial charge in [0, 0.05) is 4.88 Å². The number of aliphatic hydroxyl groups is 1. The molecule has 120 valence electrons. The second-order valence-corrected chi connectivity index (χ2v) is 6.43. The lowest BCUT2D eigenvalue weighted by molar-refractivity contribution is 0.0914. The van der Waals surface area contributed by atoms with Crippen LogP contribution >= 0.6 is 11.3 Å². The van der Waals surface area contributed by atoms with Gasteiger partial charge in [-0.25, -0.2) is 9.37 Å². The first kappa shape index (κ1) is 15.6. The maximum atomic E-state index is 12.8. The molecule has 0 aliphatic heterocycles. The molecule has 0 spiro atoms. The minimum Gasteiger partial charge on any atom is -0.491 e. The molecule has 2 heterocycles. The van der Waals surface area contributed by atoms with Gasteiger partial charge in [-0.05, 0) is 37.3 Å². The number of nitrogens with zero attached hydrogens (tertiary/aromatic N) is 2. The third kappa shape index (κ3) is 3.57. The molecule has 0 radical (unpaired) electrons. The predicted molar refractivity (Wildman–Crippen MR) is 86.5 cm³/mol. The van der Waals surface area contributed by atoms with Crippen LogP contribution in [-0.4, -0.2) is 27.4 Å². The van der Waals surface area contributed by atoms with Crippen molar-refractivity contribution in [2.75, 3.05) is 6.61 Å². The highest BCUT2D eigenvalue weighted by Crippen LogP contribution is 2.19. The average molecular weight is 334 g/mol. The largest absolute Gasteiger partial charge is 0.491 e. The first-order chi connectivity index (χ1) is 11.0. The molecule has 2 aromatic heterocycles. The van der Waals surface area contributed by atoms with E-state index < -0.39 is 6.10 Å². The van der Waals surface area contributed by atoms with Gasteiger partial charge in [-0.15, -0.1) is 11.3 Å². The van der Waals surface area contributed by atoms with Crippen molar-refractivity contribution >= 4 is 21.6 Å². The fourth-order valence-corrected chi connectivity index (χ4v) is 3.05. The Hall–Kier alpha value is -2.25. The van der Waals surface area contributed by atoms with Crippen LogP contribution in [-0.2, 0) is 6.54 Å². The smallest absolute Gasteiger partial charge is 0.262 e. The minimum atomic E-state index is -0.878. The average Bonchev–Trinajstić information content (AvgIpc) is 2.91. The molecule has 3 aromatic rings. The molecule has 23 heavy (non-hydrogen) atoms. The Morgan fingerprint density at radius 1 is 1.39 bits per heavy atom. The summed E-state index contributed by atoms with van der Waals surface area (Å²) in [7, 11) is 0. The summed E-state index contributed by atoms with van der Waals surface area (Å²) in [5.74, 6) is 0.106. The molecule has 1 N–H and O–H groups in total. The molecule has 1 unspecified atom stereocenters. The van der Waals surface area contributed by atoms with E-state index in [-0.39, 0.29) is 24.5 Å². The van der Waals surface area contributed by atoms with E-state index in [1.54, 1.807) is 6.07 Å². The number of thiophene rings is 1. The molecular formula is C16H15FN2O3S. The molecule has 5 nitrogen and oxygen atoms in total.